The number of aromatic amines is 1. The van der Waals surface area contributed by atoms with Crippen LogP contribution < -0.4 is 15.8 Å². The number of amides is 1. The summed E-state index contributed by atoms with van der Waals surface area (Å²) < 4.78 is 41.3. The van der Waals surface area contributed by atoms with Crippen molar-refractivity contribution in [1.29, 1.82) is 0 Å². The summed E-state index contributed by atoms with van der Waals surface area (Å²) in [7, 11) is 0. The lowest BCUT2D eigenvalue weighted by Crippen LogP contribution is -2.38. The van der Waals surface area contributed by atoms with Crippen molar-refractivity contribution >= 4 is 11.6 Å². The first-order valence-corrected chi connectivity index (χ1v) is 11.5. The predicted molar refractivity (Wildman–Crippen MR) is 124 cm³/mol. The average molecular weight is 464 g/mol. The van der Waals surface area contributed by atoms with Crippen LogP contribution in [-0.4, -0.2) is 23.5 Å². The van der Waals surface area contributed by atoms with Crippen LogP contribution in [0.5, 0.6) is 0 Å². The van der Waals surface area contributed by atoms with Gasteiger partial charge in [-0.2, -0.15) is 13.2 Å². The minimum atomic E-state index is -4.58. The highest BCUT2D eigenvalue weighted by atomic mass is 19.4. The van der Waals surface area contributed by atoms with Gasteiger partial charge in [0.2, 0.25) is 0 Å². The lowest BCUT2D eigenvalue weighted by atomic mass is 9.92. The number of nitrogens with one attached hydrogen (secondary N) is 2. The number of halogens is 3. The number of carbonyl (C=O) groups is 1. The number of rotatable bonds is 6. The van der Waals surface area contributed by atoms with Crippen LogP contribution >= 0.6 is 0 Å². The zero-order valence-corrected chi connectivity index (χ0v) is 19.7. The lowest BCUT2D eigenvalue weighted by molar-refractivity contribution is -0.137. The van der Waals surface area contributed by atoms with Crippen LogP contribution in [0.4, 0.5) is 18.9 Å². The van der Waals surface area contributed by atoms with E-state index < -0.39 is 17.6 Å². The molecule has 0 saturated heterocycles. The molecular formula is C25H32F3N3O2. The van der Waals surface area contributed by atoms with Gasteiger partial charge in [-0.05, 0) is 69.9 Å². The first kappa shape index (κ1) is 24.9. The Morgan fingerprint density at radius 1 is 1.12 bits per heavy atom. The molecule has 180 valence electrons. The van der Waals surface area contributed by atoms with E-state index >= 15 is 0 Å². The molecule has 8 heteroatoms. The molecule has 1 aliphatic carbocycles. The van der Waals surface area contributed by atoms with Gasteiger partial charge in [-0.25, -0.2) is 0 Å². The maximum absolute atomic E-state index is 13.8. The number of benzene rings is 1. The Kier molecular flexibility index (Phi) is 7.55. The molecule has 0 aliphatic heterocycles. The first-order chi connectivity index (χ1) is 15.5. The van der Waals surface area contributed by atoms with E-state index in [9.17, 15) is 22.8 Å². The van der Waals surface area contributed by atoms with Gasteiger partial charge in [-0.3, -0.25) is 9.59 Å². The summed E-state index contributed by atoms with van der Waals surface area (Å²) in [6.45, 7) is 7.65. The quantitative estimate of drug-likeness (QED) is 0.602. The summed E-state index contributed by atoms with van der Waals surface area (Å²) in [4.78, 5) is 30.0. The van der Waals surface area contributed by atoms with Gasteiger partial charge in [0, 0.05) is 41.6 Å². The van der Waals surface area contributed by atoms with Crippen LogP contribution in [0, 0.1) is 20.8 Å². The Morgan fingerprint density at radius 2 is 1.79 bits per heavy atom. The number of pyridine rings is 1. The van der Waals surface area contributed by atoms with Crippen molar-refractivity contribution in [2.75, 3.05) is 11.4 Å². The second-order valence-electron chi connectivity index (χ2n) is 8.87. The third kappa shape index (κ3) is 5.60. The Labute approximate surface area is 192 Å². The highest BCUT2D eigenvalue weighted by molar-refractivity contribution is 5.97. The standard InChI is InChI=1S/C25H32F3N3O2/c1-5-31(19-9-7-6-8-10-19)22-13-18(25(26,27)28)12-20(17(22)4)23(32)29-14-21-15(2)11-16(3)30-24(21)33/h11-13,19H,5-10,14H2,1-4H3,(H,29,32)(H,30,33). The third-order valence-corrected chi connectivity index (χ3v) is 6.54. The van der Waals surface area contributed by atoms with Crippen molar-refractivity contribution in [3.63, 3.8) is 0 Å². The number of anilines is 1. The summed E-state index contributed by atoms with van der Waals surface area (Å²) in [6, 6.07) is 4.03. The highest BCUT2D eigenvalue weighted by Crippen LogP contribution is 2.37. The smallest absolute Gasteiger partial charge is 0.369 e. The van der Waals surface area contributed by atoms with E-state index in [0.29, 0.717) is 34.6 Å². The predicted octanol–water partition coefficient (Wildman–Crippen LogP) is 5.41. The Balaban J connectivity index is 1.97. The van der Waals surface area contributed by atoms with Crippen LogP contribution in [0.25, 0.3) is 0 Å². The average Bonchev–Trinajstić information content (AvgIpc) is 2.74. The molecule has 2 aromatic rings. The van der Waals surface area contributed by atoms with Gasteiger partial charge >= 0.3 is 6.18 Å². The van der Waals surface area contributed by atoms with Crippen molar-refractivity contribution < 1.29 is 18.0 Å². The van der Waals surface area contributed by atoms with Crippen LogP contribution in [0.1, 0.15) is 77.3 Å². The maximum atomic E-state index is 13.8. The summed E-state index contributed by atoms with van der Waals surface area (Å²) >= 11 is 0. The van der Waals surface area contributed by atoms with Crippen molar-refractivity contribution in [3.05, 3.63) is 62.1 Å². The van der Waals surface area contributed by atoms with Crippen molar-refractivity contribution in [3.8, 4) is 0 Å². The molecule has 1 heterocycles. The molecule has 1 aromatic carbocycles. The fraction of sp³-hybridized carbons (Fsp3) is 0.520. The number of hydrogen-bond donors (Lipinski definition) is 2. The minimum Gasteiger partial charge on any atom is -0.369 e. The molecule has 1 fully saturated rings. The fourth-order valence-corrected chi connectivity index (χ4v) is 4.78. The Morgan fingerprint density at radius 3 is 2.36 bits per heavy atom. The number of H-pyrrole nitrogens is 1. The van der Waals surface area contributed by atoms with E-state index in [2.05, 4.69) is 10.3 Å². The van der Waals surface area contributed by atoms with Crippen LogP contribution in [0.3, 0.4) is 0 Å². The summed E-state index contributed by atoms with van der Waals surface area (Å²) in [5.74, 6) is -0.626. The van der Waals surface area contributed by atoms with E-state index in [0.717, 1.165) is 38.2 Å². The molecule has 1 amide bonds. The number of alkyl halides is 3. The minimum absolute atomic E-state index is 0.0183. The van der Waals surface area contributed by atoms with Gasteiger partial charge in [-0.15, -0.1) is 0 Å². The first-order valence-electron chi connectivity index (χ1n) is 11.5. The van der Waals surface area contributed by atoms with Crippen LogP contribution in [0.2, 0.25) is 0 Å². The van der Waals surface area contributed by atoms with E-state index in [-0.39, 0.29) is 23.7 Å². The van der Waals surface area contributed by atoms with Crippen molar-refractivity contribution in [2.45, 2.75) is 78.6 Å². The Bertz CT molecular complexity index is 1070. The molecule has 33 heavy (non-hydrogen) atoms. The topological polar surface area (TPSA) is 65.2 Å². The normalized spacial score (nSPS) is 14.9. The van der Waals surface area contributed by atoms with E-state index in [1.165, 1.54) is 6.07 Å². The van der Waals surface area contributed by atoms with E-state index in [1.807, 2.05) is 11.8 Å². The lowest BCUT2D eigenvalue weighted by Gasteiger charge is -2.37. The summed E-state index contributed by atoms with van der Waals surface area (Å²) in [6.07, 6.45) is 0.532. The molecule has 0 atom stereocenters. The van der Waals surface area contributed by atoms with Crippen molar-refractivity contribution in [2.24, 2.45) is 0 Å². The second kappa shape index (κ2) is 10.0. The van der Waals surface area contributed by atoms with Gasteiger partial charge in [0.1, 0.15) is 0 Å². The molecule has 0 bridgehead atoms. The zero-order chi connectivity index (χ0) is 24.3. The van der Waals surface area contributed by atoms with Crippen LogP contribution in [-0.2, 0) is 12.7 Å². The fourth-order valence-electron chi connectivity index (χ4n) is 4.78. The highest BCUT2D eigenvalue weighted by Gasteiger charge is 2.34. The van der Waals surface area contributed by atoms with Gasteiger partial charge in [0.15, 0.2) is 0 Å². The molecule has 2 N–H and O–H groups in total. The number of aromatic nitrogens is 1. The summed E-state index contributed by atoms with van der Waals surface area (Å²) in [5.41, 5.74) is 1.60. The molecule has 0 spiro atoms. The zero-order valence-electron chi connectivity index (χ0n) is 19.7. The molecule has 1 aliphatic rings. The van der Waals surface area contributed by atoms with E-state index in [1.54, 1.807) is 26.8 Å². The van der Waals surface area contributed by atoms with Gasteiger partial charge in [0.05, 0.1) is 5.56 Å². The van der Waals surface area contributed by atoms with Gasteiger partial charge in [0.25, 0.3) is 11.5 Å². The molecule has 1 aromatic heterocycles. The monoisotopic (exact) mass is 463 g/mol. The molecule has 1 saturated carbocycles. The van der Waals surface area contributed by atoms with Crippen molar-refractivity contribution in [1.82, 2.24) is 10.3 Å². The maximum Gasteiger partial charge on any atom is 0.416 e. The van der Waals surface area contributed by atoms with Gasteiger partial charge in [-0.1, -0.05) is 19.3 Å². The van der Waals surface area contributed by atoms with Crippen LogP contribution in [0.15, 0.2) is 23.0 Å². The molecule has 0 unspecified atom stereocenters. The number of carbonyl (C=O) groups excluding carboxylic acids is 1. The third-order valence-electron chi connectivity index (χ3n) is 6.54. The molecule has 3 rings (SSSR count). The molecule has 0 radical (unpaired) electrons. The second-order valence-corrected chi connectivity index (χ2v) is 8.87. The van der Waals surface area contributed by atoms with E-state index in [4.69, 9.17) is 0 Å². The largest absolute Gasteiger partial charge is 0.416 e. The Hall–Kier alpha value is -2.77. The number of aryl methyl sites for hydroxylation is 2. The molecular weight excluding hydrogens is 431 g/mol. The number of nitrogens with zero attached hydrogens (tertiary/aromatic N) is 1. The SMILES string of the molecule is CCN(c1cc(C(F)(F)F)cc(C(=O)NCc2c(C)cc(C)[nH]c2=O)c1C)C1CCCCC1. The summed E-state index contributed by atoms with van der Waals surface area (Å²) in [5, 5.41) is 2.65. The molecule has 5 nitrogen and oxygen atoms in total. The van der Waals surface area contributed by atoms with Gasteiger partial charge < -0.3 is 15.2 Å². The number of hydrogen-bond acceptors (Lipinski definition) is 3.